The number of aliphatic hydroxyl groups excluding tert-OH is 1. The van der Waals surface area contributed by atoms with Crippen molar-refractivity contribution >= 4 is 27.6 Å². The molecule has 1 aliphatic carbocycles. The van der Waals surface area contributed by atoms with Crippen LogP contribution in [-0.4, -0.2) is 89.7 Å². The fraction of sp³-hybridized carbons (Fsp3) is 0.593. The van der Waals surface area contributed by atoms with Crippen LogP contribution in [0.2, 0.25) is 0 Å². The molecule has 0 unspecified atom stereocenters. The number of ether oxygens (including phenoxy) is 1. The average molecular weight is 577 g/mol. The molecule has 0 radical (unpaired) electrons. The third-order valence-electron chi connectivity index (χ3n) is 7.63. The number of hydrogen-bond acceptors (Lipinski definition) is 7. The van der Waals surface area contributed by atoms with Gasteiger partial charge in [0.2, 0.25) is 0 Å². The van der Waals surface area contributed by atoms with Gasteiger partial charge in [0.15, 0.2) is 10.8 Å². The predicted molar refractivity (Wildman–Crippen MR) is 150 cm³/mol. The number of aryl methyl sites for hydroxylation is 1. The smallest absolute Gasteiger partial charge is 0.317 e. The van der Waals surface area contributed by atoms with Crippen LogP contribution in [0.3, 0.4) is 0 Å². The Morgan fingerprint density at radius 2 is 2.00 bits per heavy atom. The first-order valence-electron chi connectivity index (χ1n) is 13.7. The normalized spacial score (nSPS) is 21.0. The van der Waals surface area contributed by atoms with Gasteiger partial charge in [0.1, 0.15) is 6.10 Å². The number of carbonyl (C=O) groups is 2. The van der Waals surface area contributed by atoms with Crippen molar-refractivity contribution in [1.29, 1.82) is 0 Å². The summed E-state index contributed by atoms with van der Waals surface area (Å²) < 4.78 is 36.7. The summed E-state index contributed by atoms with van der Waals surface area (Å²) in [4.78, 5) is 33.8. The molecule has 0 spiro atoms. The van der Waals surface area contributed by atoms with E-state index in [0.29, 0.717) is 0 Å². The topological polar surface area (TPSA) is 146 Å². The largest absolute Gasteiger partial charge is 0.485 e. The molecule has 1 aliphatic heterocycles. The second kappa shape index (κ2) is 12.5. The lowest BCUT2D eigenvalue weighted by atomic mass is 9.96. The summed E-state index contributed by atoms with van der Waals surface area (Å²) in [6.45, 7) is 3.91. The first-order chi connectivity index (χ1) is 19.0. The molecular formula is C27H40N6O6S. The average Bonchev–Trinajstić information content (AvgIpc) is 3.38. The van der Waals surface area contributed by atoms with Gasteiger partial charge in [-0.2, -0.15) is 8.42 Å². The molecule has 1 fully saturated rings. The molecule has 2 aliphatic rings. The fourth-order valence-corrected chi connectivity index (χ4v) is 6.20. The molecule has 0 saturated heterocycles. The van der Waals surface area contributed by atoms with E-state index in [1.165, 1.54) is 29.6 Å². The van der Waals surface area contributed by atoms with Crippen LogP contribution in [0, 0.1) is 5.92 Å². The van der Waals surface area contributed by atoms with Crippen LogP contribution in [0.5, 0.6) is 5.75 Å². The highest BCUT2D eigenvalue weighted by Gasteiger charge is 2.36. The number of rotatable bonds is 8. The number of amides is 3. The van der Waals surface area contributed by atoms with Gasteiger partial charge in [0.05, 0.1) is 36.8 Å². The molecule has 2 heterocycles. The van der Waals surface area contributed by atoms with Crippen LogP contribution in [0.1, 0.15) is 56.3 Å². The number of hydrogen-bond donors (Lipinski definition) is 3. The Morgan fingerprint density at radius 1 is 1.27 bits per heavy atom. The lowest BCUT2D eigenvalue weighted by molar-refractivity contribution is 0.0368. The van der Waals surface area contributed by atoms with E-state index < -0.39 is 22.2 Å². The Kier molecular flexibility index (Phi) is 9.24. The Bertz CT molecular complexity index is 1310. The fourth-order valence-electron chi connectivity index (χ4n) is 5.15. The van der Waals surface area contributed by atoms with Crippen molar-refractivity contribution in [2.24, 2.45) is 13.0 Å². The molecule has 13 heteroatoms. The van der Waals surface area contributed by atoms with Gasteiger partial charge in [-0.15, -0.1) is 0 Å². The SMILES string of the molecule is C[C@@H]1CN([C@H](C)CO)C(=O)c2cccc(NS(=O)(=O)c3cn(C)cn3)c2O[C@H]1CN(C)C(=O)NC1CCCCC1. The maximum Gasteiger partial charge on any atom is 0.317 e. The van der Waals surface area contributed by atoms with E-state index in [2.05, 4.69) is 15.0 Å². The quantitative estimate of drug-likeness (QED) is 0.437. The minimum Gasteiger partial charge on any atom is -0.485 e. The maximum absolute atomic E-state index is 13.7. The Morgan fingerprint density at radius 3 is 2.65 bits per heavy atom. The molecule has 2 aromatic rings. The van der Waals surface area contributed by atoms with Gasteiger partial charge in [0.25, 0.3) is 15.9 Å². The lowest BCUT2D eigenvalue weighted by Gasteiger charge is -2.38. The molecule has 220 valence electrons. The molecule has 0 bridgehead atoms. The molecular weight excluding hydrogens is 536 g/mol. The minimum absolute atomic E-state index is 0.0692. The molecule has 3 amide bonds. The predicted octanol–water partition coefficient (Wildman–Crippen LogP) is 2.42. The zero-order valence-electron chi connectivity index (χ0n) is 23.5. The van der Waals surface area contributed by atoms with Crippen LogP contribution in [0.15, 0.2) is 35.7 Å². The summed E-state index contributed by atoms with van der Waals surface area (Å²) in [7, 11) is -0.725. The third-order valence-corrected chi connectivity index (χ3v) is 8.88. The van der Waals surface area contributed by atoms with Gasteiger partial charge in [0, 0.05) is 38.8 Å². The number of nitrogens with zero attached hydrogens (tertiary/aromatic N) is 4. The summed E-state index contributed by atoms with van der Waals surface area (Å²) in [5, 5.41) is 12.8. The number of sulfonamides is 1. The van der Waals surface area contributed by atoms with Gasteiger partial charge >= 0.3 is 6.03 Å². The van der Waals surface area contributed by atoms with Crippen LogP contribution < -0.4 is 14.8 Å². The van der Waals surface area contributed by atoms with E-state index in [1.807, 2.05) is 6.92 Å². The van der Waals surface area contributed by atoms with Crippen molar-refractivity contribution in [3.8, 4) is 5.75 Å². The molecule has 40 heavy (non-hydrogen) atoms. The van der Waals surface area contributed by atoms with Crippen molar-refractivity contribution in [3.63, 3.8) is 0 Å². The number of aliphatic hydroxyl groups is 1. The van der Waals surface area contributed by atoms with Crippen molar-refractivity contribution < 1.29 is 27.9 Å². The number of nitrogens with one attached hydrogen (secondary N) is 2. The first kappa shape index (κ1) is 29.7. The van der Waals surface area contributed by atoms with Crippen molar-refractivity contribution in [2.45, 2.75) is 69.2 Å². The standard InChI is InChI=1S/C27H40N6O6S/c1-18-13-33(19(2)16-34)26(35)21-11-8-12-22(30-40(37,38)24-15-31(3)17-28-24)25(21)39-23(18)14-32(4)27(36)29-20-9-6-5-7-10-20/h8,11-12,15,17-20,23,30,34H,5-7,9-10,13-14,16H2,1-4H3,(H,29,36)/t18-,19-,23+/m1/s1. The van der Waals surface area contributed by atoms with Gasteiger partial charge in [-0.05, 0) is 31.9 Å². The van der Waals surface area contributed by atoms with E-state index >= 15 is 0 Å². The number of fused-ring (bicyclic) bond motifs is 1. The number of aromatic nitrogens is 2. The van der Waals surface area contributed by atoms with E-state index in [1.54, 1.807) is 43.0 Å². The number of imidazole rings is 1. The zero-order chi connectivity index (χ0) is 29.0. The first-order valence-corrected chi connectivity index (χ1v) is 15.2. The molecule has 4 rings (SSSR count). The number of anilines is 1. The number of benzene rings is 1. The van der Waals surface area contributed by atoms with E-state index in [9.17, 15) is 23.1 Å². The summed E-state index contributed by atoms with van der Waals surface area (Å²) in [6.07, 6.45) is 7.46. The van der Waals surface area contributed by atoms with Crippen molar-refractivity contribution in [1.82, 2.24) is 24.7 Å². The molecule has 3 N–H and O–H groups in total. The molecule has 1 saturated carbocycles. The Balaban J connectivity index is 1.66. The highest BCUT2D eigenvalue weighted by Crippen LogP contribution is 2.36. The van der Waals surface area contributed by atoms with E-state index in [0.717, 1.165) is 25.7 Å². The Hall–Kier alpha value is -3.32. The van der Waals surface area contributed by atoms with Gasteiger partial charge in [-0.1, -0.05) is 32.3 Å². The summed E-state index contributed by atoms with van der Waals surface area (Å²) in [6, 6.07) is 4.12. The van der Waals surface area contributed by atoms with Crippen LogP contribution in [-0.2, 0) is 17.1 Å². The van der Waals surface area contributed by atoms with Gasteiger partial charge < -0.3 is 29.5 Å². The molecule has 1 aromatic heterocycles. The monoisotopic (exact) mass is 576 g/mol. The molecule has 1 aromatic carbocycles. The number of urea groups is 1. The molecule has 12 nitrogen and oxygen atoms in total. The highest BCUT2D eigenvalue weighted by atomic mass is 32.2. The van der Waals surface area contributed by atoms with E-state index in [4.69, 9.17) is 4.74 Å². The summed E-state index contributed by atoms with van der Waals surface area (Å²) in [5.74, 6) is -0.569. The number of likely N-dealkylation sites (N-methyl/N-ethyl adjacent to an activating group) is 1. The second-order valence-corrected chi connectivity index (χ2v) is 12.6. The Labute approximate surface area is 235 Å². The van der Waals surface area contributed by atoms with Gasteiger partial charge in [-0.25, -0.2) is 9.78 Å². The minimum atomic E-state index is -4.08. The number of para-hydroxylation sites is 1. The lowest BCUT2D eigenvalue weighted by Crippen LogP contribution is -2.52. The zero-order valence-corrected chi connectivity index (χ0v) is 24.4. The van der Waals surface area contributed by atoms with Crippen molar-refractivity contribution in [3.05, 3.63) is 36.3 Å². The summed E-state index contributed by atoms with van der Waals surface area (Å²) in [5.41, 5.74) is 0.245. The summed E-state index contributed by atoms with van der Waals surface area (Å²) >= 11 is 0. The number of carbonyl (C=O) groups excluding carboxylic acids is 2. The molecule has 3 atom stereocenters. The van der Waals surface area contributed by atoms with Gasteiger partial charge in [-0.3, -0.25) is 9.52 Å². The maximum atomic E-state index is 13.7. The van der Waals surface area contributed by atoms with Crippen molar-refractivity contribution in [2.75, 3.05) is 31.5 Å². The van der Waals surface area contributed by atoms with Crippen LogP contribution in [0.4, 0.5) is 10.5 Å². The highest BCUT2D eigenvalue weighted by molar-refractivity contribution is 7.92. The second-order valence-electron chi connectivity index (χ2n) is 11.0. The van der Waals surface area contributed by atoms with Crippen LogP contribution >= 0.6 is 0 Å². The van der Waals surface area contributed by atoms with E-state index in [-0.39, 0.29) is 65.6 Å². The third kappa shape index (κ3) is 6.69. The van der Waals surface area contributed by atoms with Crippen LogP contribution in [0.25, 0.3) is 0 Å².